The Morgan fingerprint density at radius 2 is 2.13 bits per heavy atom. The molecule has 2 aliphatic rings. The van der Waals surface area contributed by atoms with Crippen LogP contribution >= 0.6 is 0 Å². The lowest BCUT2D eigenvalue weighted by molar-refractivity contribution is -0.132. The zero-order valence-electron chi connectivity index (χ0n) is 9.07. The summed E-state index contributed by atoms with van der Waals surface area (Å²) in [4.78, 5) is 14.0. The van der Waals surface area contributed by atoms with Gasteiger partial charge in [-0.25, -0.2) is 0 Å². The van der Waals surface area contributed by atoms with Gasteiger partial charge in [0, 0.05) is 13.1 Å². The molecule has 1 fully saturated rings. The Kier molecular flexibility index (Phi) is 2.80. The predicted molar refractivity (Wildman–Crippen MR) is 58.4 cm³/mol. The molecule has 1 aliphatic carbocycles. The van der Waals surface area contributed by atoms with Crippen molar-refractivity contribution >= 4 is 5.91 Å². The highest BCUT2D eigenvalue weighted by atomic mass is 16.3. The van der Waals surface area contributed by atoms with E-state index in [-0.39, 0.29) is 11.8 Å². The summed E-state index contributed by atoms with van der Waals surface area (Å²) in [5.74, 6) is 0.482. The quantitative estimate of drug-likeness (QED) is 0.714. The Morgan fingerprint density at radius 1 is 1.47 bits per heavy atom. The van der Waals surface area contributed by atoms with Crippen LogP contribution in [0.2, 0.25) is 0 Å². The maximum absolute atomic E-state index is 12.0. The van der Waals surface area contributed by atoms with Gasteiger partial charge in [0.2, 0.25) is 5.91 Å². The predicted octanol–water partition coefficient (Wildman–Crippen LogP) is 2.02. The molecule has 0 aromatic heterocycles. The van der Waals surface area contributed by atoms with Crippen molar-refractivity contribution in [3.8, 4) is 0 Å². The van der Waals surface area contributed by atoms with Gasteiger partial charge in [-0.15, -0.1) is 0 Å². The van der Waals surface area contributed by atoms with Crippen LogP contribution in [0.3, 0.4) is 0 Å². The number of likely N-dealkylation sites (tertiary alicyclic amines) is 1. The summed E-state index contributed by atoms with van der Waals surface area (Å²) in [6.07, 6.45) is 6.52. The number of hydrogen-bond acceptors (Lipinski definition) is 2. The van der Waals surface area contributed by atoms with Crippen LogP contribution in [0.4, 0.5) is 0 Å². The molecular formula is C12H17NO2. The number of aliphatic hydroxyl groups is 1. The molecule has 0 saturated carbocycles. The van der Waals surface area contributed by atoms with E-state index in [0.29, 0.717) is 12.2 Å². The Bertz CT molecular complexity index is 325. The third-order valence-electron chi connectivity index (χ3n) is 3.16. The van der Waals surface area contributed by atoms with Crippen LogP contribution in [-0.2, 0) is 4.79 Å². The van der Waals surface area contributed by atoms with Crippen molar-refractivity contribution in [1.29, 1.82) is 0 Å². The van der Waals surface area contributed by atoms with E-state index in [4.69, 9.17) is 0 Å². The summed E-state index contributed by atoms with van der Waals surface area (Å²) in [7, 11) is 0. The molecule has 1 amide bonds. The molecule has 1 unspecified atom stereocenters. The van der Waals surface area contributed by atoms with Gasteiger partial charge in [0.15, 0.2) is 0 Å². The monoisotopic (exact) mass is 207 g/mol. The van der Waals surface area contributed by atoms with Crippen molar-refractivity contribution in [2.24, 2.45) is 5.92 Å². The Labute approximate surface area is 90.1 Å². The Morgan fingerprint density at radius 3 is 2.73 bits per heavy atom. The van der Waals surface area contributed by atoms with E-state index in [0.717, 1.165) is 31.5 Å². The molecule has 1 atom stereocenters. The van der Waals surface area contributed by atoms with Gasteiger partial charge in [-0.3, -0.25) is 4.79 Å². The topological polar surface area (TPSA) is 40.5 Å². The van der Waals surface area contributed by atoms with Gasteiger partial charge in [-0.2, -0.15) is 0 Å². The number of hydrogen-bond donors (Lipinski definition) is 1. The lowest BCUT2D eigenvalue weighted by atomic mass is 9.94. The first kappa shape index (κ1) is 10.3. The molecule has 2 rings (SSSR count). The van der Waals surface area contributed by atoms with Crippen LogP contribution in [0, 0.1) is 5.92 Å². The molecule has 0 aromatic rings. The standard InChI is InChI=1S/C12H17NO2/c1-9-8-10(4-5-11(9)14)12(15)13-6-2-3-7-13/h5,8,10,14H,2-4,6-7H2,1H3. The van der Waals surface area contributed by atoms with E-state index in [1.54, 1.807) is 6.08 Å². The second-order valence-electron chi connectivity index (χ2n) is 4.31. The molecule has 1 N–H and O–H groups in total. The van der Waals surface area contributed by atoms with Gasteiger partial charge in [0.05, 0.1) is 5.92 Å². The van der Waals surface area contributed by atoms with E-state index in [9.17, 15) is 9.90 Å². The van der Waals surface area contributed by atoms with E-state index in [1.807, 2.05) is 17.9 Å². The molecule has 1 heterocycles. The van der Waals surface area contributed by atoms with Gasteiger partial charge in [-0.05, 0) is 37.8 Å². The molecule has 0 radical (unpaired) electrons. The average Bonchev–Trinajstić information content (AvgIpc) is 2.74. The summed E-state index contributed by atoms with van der Waals surface area (Å²) in [6.45, 7) is 3.64. The number of carbonyl (C=O) groups excluding carboxylic acids is 1. The van der Waals surface area contributed by atoms with Gasteiger partial charge in [0.25, 0.3) is 0 Å². The third-order valence-corrected chi connectivity index (χ3v) is 3.16. The maximum Gasteiger partial charge on any atom is 0.229 e. The van der Waals surface area contributed by atoms with Crippen LogP contribution < -0.4 is 0 Å². The average molecular weight is 207 g/mol. The number of amides is 1. The highest BCUT2D eigenvalue weighted by Crippen LogP contribution is 2.24. The zero-order valence-corrected chi connectivity index (χ0v) is 9.07. The molecule has 1 saturated heterocycles. The van der Waals surface area contributed by atoms with Crippen LogP contribution in [0.5, 0.6) is 0 Å². The number of carbonyl (C=O) groups is 1. The summed E-state index contributed by atoms with van der Waals surface area (Å²) in [6, 6.07) is 0. The van der Waals surface area contributed by atoms with E-state index >= 15 is 0 Å². The first-order valence-corrected chi connectivity index (χ1v) is 5.55. The van der Waals surface area contributed by atoms with Crippen molar-refractivity contribution in [2.75, 3.05) is 13.1 Å². The molecule has 1 aliphatic heterocycles. The van der Waals surface area contributed by atoms with Crippen LogP contribution in [-0.4, -0.2) is 29.0 Å². The number of nitrogens with zero attached hydrogens (tertiary/aromatic N) is 1. The molecule has 82 valence electrons. The first-order chi connectivity index (χ1) is 7.18. The summed E-state index contributed by atoms with van der Waals surface area (Å²) >= 11 is 0. The van der Waals surface area contributed by atoms with Gasteiger partial charge >= 0.3 is 0 Å². The van der Waals surface area contributed by atoms with Gasteiger partial charge in [-0.1, -0.05) is 6.08 Å². The van der Waals surface area contributed by atoms with E-state index in [1.165, 1.54) is 0 Å². The Hall–Kier alpha value is -1.25. The molecule has 0 bridgehead atoms. The lowest BCUT2D eigenvalue weighted by Crippen LogP contribution is -2.33. The molecule has 0 aromatic carbocycles. The molecule has 3 nitrogen and oxygen atoms in total. The highest BCUT2D eigenvalue weighted by Gasteiger charge is 2.26. The van der Waals surface area contributed by atoms with Gasteiger partial charge < -0.3 is 10.0 Å². The second kappa shape index (κ2) is 4.09. The SMILES string of the molecule is CC1=CC(C(=O)N2CCCC2)CC=C1O. The fourth-order valence-electron chi connectivity index (χ4n) is 2.20. The molecule has 0 spiro atoms. The maximum atomic E-state index is 12.0. The zero-order chi connectivity index (χ0) is 10.8. The first-order valence-electron chi connectivity index (χ1n) is 5.55. The number of aliphatic hydroxyl groups excluding tert-OH is 1. The second-order valence-corrected chi connectivity index (χ2v) is 4.31. The third kappa shape index (κ3) is 2.06. The minimum Gasteiger partial charge on any atom is -0.508 e. The van der Waals surface area contributed by atoms with Crippen LogP contribution in [0.15, 0.2) is 23.5 Å². The van der Waals surface area contributed by atoms with Crippen molar-refractivity contribution in [3.63, 3.8) is 0 Å². The smallest absolute Gasteiger partial charge is 0.229 e. The van der Waals surface area contributed by atoms with Crippen molar-refractivity contribution in [1.82, 2.24) is 4.90 Å². The number of allylic oxidation sites excluding steroid dienone is 2. The lowest BCUT2D eigenvalue weighted by Gasteiger charge is -2.22. The summed E-state index contributed by atoms with van der Waals surface area (Å²) in [5, 5.41) is 9.41. The summed E-state index contributed by atoms with van der Waals surface area (Å²) in [5.41, 5.74) is 0.818. The molecule has 3 heteroatoms. The Balaban J connectivity index is 2.03. The largest absolute Gasteiger partial charge is 0.508 e. The minimum atomic E-state index is -0.0565. The normalized spacial score (nSPS) is 26.2. The van der Waals surface area contributed by atoms with Crippen molar-refractivity contribution < 1.29 is 9.90 Å². The van der Waals surface area contributed by atoms with Crippen molar-refractivity contribution in [3.05, 3.63) is 23.5 Å². The van der Waals surface area contributed by atoms with Gasteiger partial charge in [0.1, 0.15) is 5.76 Å². The number of rotatable bonds is 1. The van der Waals surface area contributed by atoms with Crippen LogP contribution in [0.1, 0.15) is 26.2 Å². The summed E-state index contributed by atoms with van der Waals surface area (Å²) < 4.78 is 0. The highest BCUT2D eigenvalue weighted by molar-refractivity contribution is 5.81. The fourth-order valence-corrected chi connectivity index (χ4v) is 2.20. The van der Waals surface area contributed by atoms with Crippen LogP contribution in [0.25, 0.3) is 0 Å². The van der Waals surface area contributed by atoms with E-state index in [2.05, 4.69) is 0 Å². The minimum absolute atomic E-state index is 0.0565. The molecular weight excluding hydrogens is 190 g/mol. The molecule has 15 heavy (non-hydrogen) atoms. The van der Waals surface area contributed by atoms with E-state index < -0.39 is 0 Å². The fraction of sp³-hybridized carbons (Fsp3) is 0.583. The van der Waals surface area contributed by atoms with Crippen molar-refractivity contribution in [2.45, 2.75) is 26.2 Å².